The fraction of sp³-hybridized carbons (Fsp3) is 0.381. The number of piperazine rings is 1. The number of nitrogens with zero attached hydrogens (tertiary/aromatic N) is 2. The second-order valence-corrected chi connectivity index (χ2v) is 8.34. The normalized spacial score (nSPS) is 15.2. The van der Waals surface area contributed by atoms with Gasteiger partial charge in [-0.25, -0.2) is 4.39 Å². The van der Waals surface area contributed by atoms with E-state index in [1.165, 1.54) is 24.0 Å². The SMILES string of the molecule is Cc1cc(F)c(N2CCN(C(=O)c3ccc(C(F)(F)F)cc3)CC2)cc1SCC(F)(F)F. The molecule has 3 rings (SSSR count). The molecule has 0 radical (unpaired) electrons. The average molecular weight is 480 g/mol. The van der Waals surface area contributed by atoms with Gasteiger partial charge in [-0.2, -0.15) is 26.3 Å². The summed E-state index contributed by atoms with van der Waals surface area (Å²) in [6.07, 6.45) is -8.85. The highest BCUT2D eigenvalue weighted by atomic mass is 32.2. The number of anilines is 1. The number of alkyl halides is 6. The Balaban J connectivity index is 1.67. The van der Waals surface area contributed by atoms with Crippen molar-refractivity contribution in [1.82, 2.24) is 4.90 Å². The Kier molecular flexibility index (Phi) is 6.97. The molecule has 1 aliphatic rings. The Bertz CT molecular complexity index is 966. The second-order valence-electron chi connectivity index (χ2n) is 7.33. The van der Waals surface area contributed by atoms with E-state index in [0.29, 0.717) is 22.2 Å². The van der Waals surface area contributed by atoms with Crippen molar-refractivity contribution >= 4 is 23.4 Å². The van der Waals surface area contributed by atoms with Gasteiger partial charge in [0.1, 0.15) is 5.82 Å². The molecule has 1 heterocycles. The molecule has 3 nitrogen and oxygen atoms in total. The number of rotatable bonds is 4. The highest BCUT2D eigenvalue weighted by molar-refractivity contribution is 7.99. The molecule has 32 heavy (non-hydrogen) atoms. The van der Waals surface area contributed by atoms with Gasteiger partial charge < -0.3 is 9.80 Å². The largest absolute Gasteiger partial charge is 0.416 e. The van der Waals surface area contributed by atoms with Crippen LogP contribution in [0.25, 0.3) is 0 Å². The number of hydrogen-bond acceptors (Lipinski definition) is 3. The topological polar surface area (TPSA) is 23.6 Å². The lowest BCUT2D eigenvalue weighted by Gasteiger charge is -2.36. The molecule has 0 aromatic heterocycles. The van der Waals surface area contributed by atoms with Gasteiger partial charge in [-0.3, -0.25) is 4.79 Å². The van der Waals surface area contributed by atoms with Gasteiger partial charge in [-0.05, 0) is 48.9 Å². The van der Waals surface area contributed by atoms with Gasteiger partial charge in [0.25, 0.3) is 5.91 Å². The number of aryl methyl sites for hydroxylation is 1. The quantitative estimate of drug-likeness (QED) is 0.410. The van der Waals surface area contributed by atoms with Gasteiger partial charge in [0.15, 0.2) is 0 Å². The Morgan fingerprint density at radius 2 is 1.56 bits per heavy atom. The van der Waals surface area contributed by atoms with Crippen LogP contribution in [0.2, 0.25) is 0 Å². The Morgan fingerprint density at radius 1 is 0.969 bits per heavy atom. The monoisotopic (exact) mass is 480 g/mol. The van der Waals surface area contributed by atoms with E-state index in [1.807, 2.05) is 0 Å². The number of amides is 1. The zero-order valence-corrected chi connectivity index (χ0v) is 17.7. The predicted octanol–water partition coefficient (Wildman–Crippen LogP) is 5.77. The average Bonchev–Trinajstić information content (AvgIpc) is 2.71. The fourth-order valence-electron chi connectivity index (χ4n) is 3.33. The van der Waals surface area contributed by atoms with Crippen LogP contribution in [0, 0.1) is 12.7 Å². The first-order chi connectivity index (χ1) is 14.8. The highest BCUT2D eigenvalue weighted by Crippen LogP contribution is 2.34. The summed E-state index contributed by atoms with van der Waals surface area (Å²) in [6.45, 7) is 2.38. The standard InChI is InChI=1S/C21H19F7N2OS/c1-13-10-16(22)17(11-18(13)32-12-20(23,24)25)29-6-8-30(9-7-29)19(31)14-2-4-15(5-3-14)21(26,27)28/h2-5,10-11H,6-9,12H2,1H3. The molecule has 1 amide bonds. The number of thioether (sulfide) groups is 1. The van der Waals surface area contributed by atoms with E-state index in [0.717, 1.165) is 24.3 Å². The highest BCUT2D eigenvalue weighted by Gasteiger charge is 2.31. The maximum Gasteiger partial charge on any atom is 0.416 e. The van der Waals surface area contributed by atoms with Gasteiger partial charge in [-0.15, -0.1) is 11.8 Å². The Hall–Kier alpha value is -2.43. The van der Waals surface area contributed by atoms with Crippen molar-refractivity contribution < 1.29 is 35.5 Å². The zero-order valence-electron chi connectivity index (χ0n) is 16.9. The molecule has 2 aromatic carbocycles. The molecule has 0 unspecified atom stereocenters. The maximum atomic E-state index is 14.5. The minimum atomic E-state index is -4.50. The van der Waals surface area contributed by atoms with Crippen LogP contribution in [-0.2, 0) is 6.18 Å². The molecule has 1 saturated heterocycles. The molecule has 2 aromatic rings. The summed E-state index contributed by atoms with van der Waals surface area (Å²) in [6, 6.07) is 6.47. The van der Waals surface area contributed by atoms with E-state index in [2.05, 4.69) is 0 Å². The van der Waals surface area contributed by atoms with E-state index in [9.17, 15) is 35.5 Å². The third-order valence-corrected chi connectivity index (χ3v) is 6.22. The summed E-state index contributed by atoms with van der Waals surface area (Å²) < 4.78 is 90.2. The number of hydrogen-bond donors (Lipinski definition) is 0. The first-order valence-electron chi connectivity index (χ1n) is 9.56. The summed E-state index contributed by atoms with van der Waals surface area (Å²) in [5, 5.41) is 0. The van der Waals surface area contributed by atoms with Crippen molar-refractivity contribution in [2.75, 3.05) is 36.8 Å². The van der Waals surface area contributed by atoms with Crippen molar-refractivity contribution in [3.05, 3.63) is 58.9 Å². The minimum Gasteiger partial charge on any atom is -0.366 e. The lowest BCUT2D eigenvalue weighted by Crippen LogP contribution is -2.49. The molecule has 0 N–H and O–H groups in total. The van der Waals surface area contributed by atoms with Crippen molar-refractivity contribution in [2.45, 2.75) is 24.2 Å². The third-order valence-electron chi connectivity index (χ3n) is 5.00. The number of carbonyl (C=O) groups excluding carboxylic acids is 1. The Morgan fingerprint density at radius 3 is 2.09 bits per heavy atom. The molecule has 0 bridgehead atoms. The van der Waals surface area contributed by atoms with Crippen LogP contribution in [0.15, 0.2) is 41.3 Å². The summed E-state index contributed by atoms with van der Waals surface area (Å²) in [5.41, 5.74) is -0.190. The van der Waals surface area contributed by atoms with Gasteiger partial charge in [0.05, 0.1) is 17.0 Å². The summed E-state index contributed by atoms with van der Waals surface area (Å²) in [4.78, 5) is 16.0. The summed E-state index contributed by atoms with van der Waals surface area (Å²) >= 11 is 0.583. The van der Waals surface area contributed by atoms with E-state index in [1.54, 1.807) is 4.90 Å². The molecule has 0 spiro atoms. The first kappa shape index (κ1) is 24.2. The molecule has 0 aliphatic carbocycles. The number of benzene rings is 2. The molecule has 1 aliphatic heterocycles. The van der Waals surface area contributed by atoms with Gasteiger partial charge in [0.2, 0.25) is 0 Å². The molecule has 0 saturated carbocycles. The first-order valence-corrected chi connectivity index (χ1v) is 10.5. The van der Waals surface area contributed by atoms with Crippen LogP contribution in [0.5, 0.6) is 0 Å². The van der Waals surface area contributed by atoms with Crippen LogP contribution < -0.4 is 4.90 Å². The number of carbonyl (C=O) groups is 1. The van der Waals surface area contributed by atoms with E-state index in [-0.39, 0.29) is 37.4 Å². The van der Waals surface area contributed by atoms with Crippen molar-refractivity contribution in [3.63, 3.8) is 0 Å². The van der Waals surface area contributed by atoms with Crippen LogP contribution in [0.3, 0.4) is 0 Å². The zero-order chi connectivity index (χ0) is 23.7. The second kappa shape index (κ2) is 9.21. The van der Waals surface area contributed by atoms with Gasteiger partial charge in [-0.1, -0.05) is 0 Å². The van der Waals surface area contributed by atoms with E-state index in [4.69, 9.17) is 0 Å². The van der Waals surface area contributed by atoms with Crippen molar-refractivity contribution in [2.24, 2.45) is 0 Å². The molecule has 174 valence electrons. The lowest BCUT2D eigenvalue weighted by molar-refractivity contribution is -0.137. The lowest BCUT2D eigenvalue weighted by atomic mass is 10.1. The predicted molar refractivity (Wildman–Crippen MR) is 107 cm³/mol. The van der Waals surface area contributed by atoms with Crippen molar-refractivity contribution in [1.29, 1.82) is 0 Å². The van der Waals surface area contributed by atoms with Crippen LogP contribution in [0.4, 0.5) is 36.4 Å². The minimum absolute atomic E-state index is 0.110. The van der Waals surface area contributed by atoms with Crippen LogP contribution in [0.1, 0.15) is 21.5 Å². The number of halogens is 7. The summed E-state index contributed by atoms with van der Waals surface area (Å²) in [5.74, 6) is -2.10. The van der Waals surface area contributed by atoms with Crippen LogP contribution >= 0.6 is 11.8 Å². The molecular formula is C21H19F7N2OS. The van der Waals surface area contributed by atoms with Crippen molar-refractivity contribution in [3.8, 4) is 0 Å². The molecule has 1 fully saturated rings. The Labute approximate surface area is 184 Å². The molecule has 0 atom stereocenters. The smallest absolute Gasteiger partial charge is 0.366 e. The molecular weight excluding hydrogens is 461 g/mol. The van der Waals surface area contributed by atoms with Gasteiger partial charge in [0, 0.05) is 36.6 Å². The van der Waals surface area contributed by atoms with Gasteiger partial charge >= 0.3 is 12.4 Å². The fourth-order valence-corrected chi connectivity index (χ4v) is 4.14. The van der Waals surface area contributed by atoms with E-state index < -0.39 is 35.4 Å². The third kappa shape index (κ3) is 5.87. The van der Waals surface area contributed by atoms with E-state index >= 15 is 0 Å². The van der Waals surface area contributed by atoms with Crippen LogP contribution in [-0.4, -0.2) is 48.9 Å². The maximum absolute atomic E-state index is 14.5. The summed E-state index contributed by atoms with van der Waals surface area (Å²) in [7, 11) is 0. The molecule has 11 heteroatoms.